The van der Waals surface area contributed by atoms with Crippen LogP contribution in [0.3, 0.4) is 0 Å². The van der Waals surface area contributed by atoms with E-state index in [2.05, 4.69) is 14.5 Å². The molecule has 180 valence electrons. The number of aromatic nitrogens is 1. The minimum absolute atomic E-state index is 0.00874. The Balaban J connectivity index is 2.68. The Bertz CT molecular complexity index is 1020. The summed E-state index contributed by atoms with van der Waals surface area (Å²) in [5.41, 5.74) is -6.19. The van der Waals surface area contributed by atoms with Gasteiger partial charge in [-0.15, -0.1) is 0 Å². The topological polar surface area (TPSA) is 77.9 Å². The number of carboxylic acid groups (broad SMARTS) is 1. The molecule has 0 fully saturated rings. The summed E-state index contributed by atoms with van der Waals surface area (Å²) in [5, 5.41) is 9.22. The van der Waals surface area contributed by atoms with E-state index in [4.69, 9.17) is 4.74 Å². The number of carbonyl (C=O) groups is 1. The monoisotopic (exact) mass is 479 g/mol. The Morgan fingerprint density at radius 3 is 2.30 bits per heavy atom. The number of hydrogen-bond donors (Lipinski definition) is 1. The maximum Gasteiger partial charge on any atom is 0.431 e. The minimum atomic E-state index is -5.91. The van der Waals surface area contributed by atoms with Gasteiger partial charge in [-0.3, -0.25) is 0 Å². The van der Waals surface area contributed by atoms with Crippen LogP contribution in [0.25, 0.3) is 6.08 Å². The highest BCUT2D eigenvalue weighted by Gasteiger charge is 2.73. The smallest absolute Gasteiger partial charge is 0.431 e. The number of aromatic carboxylic acids is 1. The molecule has 0 unspecified atom stereocenters. The van der Waals surface area contributed by atoms with E-state index in [-0.39, 0.29) is 28.3 Å². The van der Waals surface area contributed by atoms with Gasteiger partial charge in [0.05, 0.1) is 5.56 Å². The van der Waals surface area contributed by atoms with Gasteiger partial charge in [0.15, 0.2) is 0 Å². The number of allylic oxidation sites excluding steroid dienone is 1. The van der Waals surface area contributed by atoms with E-state index in [1.807, 2.05) is 0 Å². The zero-order valence-corrected chi connectivity index (χ0v) is 17.5. The highest BCUT2D eigenvalue weighted by Crippen LogP contribution is 2.53. The minimum Gasteiger partial charge on any atom is -0.478 e. The molecule has 2 aromatic rings. The van der Waals surface area contributed by atoms with Crippen LogP contribution in [0.2, 0.25) is 0 Å². The predicted octanol–water partition coefficient (Wildman–Crippen LogP) is 5.85. The molecule has 0 amide bonds. The summed E-state index contributed by atoms with van der Waals surface area (Å²) in [6.07, 6.45) is -8.93. The average Bonchev–Trinajstić information content (AvgIpc) is 2.69. The van der Waals surface area contributed by atoms with Crippen LogP contribution in [0.15, 0.2) is 36.5 Å². The summed E-state index contributed by atoms with van der Waals surface area (Å²) in [4.78, 5) is 15.0. The van der Waals surface area contributed by atoms with E-state index < -0.39 is 36.3 Å². The van der Waals surface area contributed by atoms with E-state index in [0.29, 0.717) is 12.3 Å². The van der Waals surface area contributed by atoms with Crippen molar-refractivity contribution >= 4 is 12.0 Å². The van der Waals surface area contributed by atoms with Crippen molar-refractivity contribution in [3.63, 3.8) is 0 Å². The molecule has 1 N–H and O–H groups in total. The third kappa shape index (κ3) is 5.11. The van der Waals surface area contributed by atoms with Gasteiger partial charge in [0.1, 0.15) is 12.5 Å². The van der Waals surface area contributed by atoms with Gasteiger partial charge in [-0.05, 0) is 32.0 Å². The summed E-state index contributed by atoms with van der Waals surface area (Å²) in [6.45, 7) is 1.62. The van der Waals surface area contributed by atoms with Gasteiger partial charge in [0, 0.05) is 30.0 Å². The van der Waals surface area contributed by atoms with E-state index in [0.717, 1.165) is 7.11 Å². The molecule has 1 heterocycles. The zero-order valence-electron chi connectivity index (χ0n) is 17.5. The van der Waals surface area contributed by atoms with Gasteiger partial charge in [0.25, 0.3) is 5.60 Å². The molecule has 0 aliphatic heterocycles. The number of pyridine rings is 1. The van der Waals surface area contributed by atoms with Crippen LogP contribution in [-0.2, 0) is 15.1 Å². The van der Waals surface area contributed by atoms with E-state index in [1.165, 1.54) is 44.2 Å². The lowest BCUT2D eigenvalue weighted by molar-refractivity contribution is -0.400. The quantitative estimate of drug-likeness (QED) is 0.378. The van der Waals surface area contributed by atoms with Crippen molar-refractivity contribution in [1.29, 1.82) is 0 Å². The zero-order chi connectivity index (χ0) is 25.0. The van der Waals surface area contributed by atoms with Crippen LogP contribution in [0, 0.1) is 6.92 Å². The highest BCUT2D eigenvalue weighted by atomic mass is 19.4. The first kappa shape index (κ1) is 26.1. The number of nitrogens with zero attached hydrogens (tertiary/aromatic N) is 1. The fourth-order valence-corrected chi connectivity index (χ4v) is 2.99. The first-order chi connectivity index (χ1) is 15.3. The summed E-state index contributed by atoms with van der Waals surface area (Å²) < 4.78 is 96.8. The normalized spacial score (nSPS) is 12.9. The van der Waals surface area contributed by atoms with Crippen molar-refractivity contribution in [2.75, 3.05) is 13.9 Å². The largest absolute Gasteiger partial charge is 0.478 e. The fraction of sp³-hybridized carbons (Fsp3) is 0.333. The van der Waals surface area contributed by atoms with Gasteiger partial charge in [-0.1, -0.05) is 18.2 Å². The van der Waals surface area contributed by atoms with Crippen LogP contribution in [0.4, 0.5) is 26.3 Å². The van der Waals surface area contributed by atoms with Crippen LogP contribution >= 0.6 is 0 Å². The van der Waals surface area contributed by atoms with Crippen LogP contribution in [0.1, 0.15) is 34.0 Å². The number of benzene rings is 1. The van der Waals surface area contributed by atoms with Gasteiger partial charge in [-0.2, -0.15) is 26.3 Å². The molecule has 0 saturated heterocycles. The Hall–Kier alpha value is -3.12. The molecule has 33 heavy (non-hydrogen) atoms. The second-order valence-corrected chi connectivity index (χ2v) is 6.68. The average molecular weight is 479 g/mol. The molecule has 0 aliphatic carbocycles. The molecule has 0 bridgehead atoms. The highest BCUT2D eigenvalue weighted by molar-refractivity contribution is 5.90. The number of methoxy groups -OCH3 is 1. The Kier molecular flexibility index (Phi) is 7.75. The van der Waals surface area contributed by atoms with Crippen LogP contribution < -0.4 is 4.74 Å². The number of rotatable bonds is 8. The van der Waals surface area contributed by atoms with E-state index >= 15 is 0 Å². The molecule has 1 aromatic heterocycles. The number of carboxylic acids is 1. The van der Waals surface area contributed by atoms with E-state index in [9.17, 15) is 36.2 Å². The lowest BCUT2D eigenvalue weighted by atomic mass is 9.92. The van der Waals surface area contributed by atoms with Crippen molar-refractivity contribution in [2.45, 2.75) is 31.8 Å². The number of hydrogen-bond acceptors (Lipinski definition) is 5. The van der Waals surface area contributed by atoms with Gasteiger partial charge >= 0.3 is 18.3 Å². The summed E-state index contributed by atoms with van der Waals surface area (Å²) in [7, 11) is 0.880. The Labute approximate surface area is 184 Å². The molecule has 1 aromatic carbocycles. The molecule has 0 radical (unpaired) electrons. The Morgan fingerprint density at radius 1 is 1.15 bits per heavy atom. The fourth-order valence-electron chi connectivity index (χ4n) is 2.99. The maximum absolute atomic E-state index is 13.8. The molecule has 0 spiro atoms. The number of ether oxygens (including phenoxy) is 3. The second kappa shape index (κ2) is 9.79. The second-order valence-electron chi connectivity index (χ2n) is 6.68. The van der Waals surface area contributed by atoms with Crippen molar-refractivity contribution in [3.05, 3.63) is 58.8 Å². The number of halogens is 6. The van der Waals surface area contributed by atoms with Crippen molar-refractivity contribution < 1.29 is 50.5 Å². The Morgan fingerprint density at radius 2 is 1.79 bits per heavy atom. The van der Waals surface area contributed by atoms with Gasteiger partial charge in [-0.25, -0.2) is 9.78 Å². The number of alkyl halides is 6. The van der Waals surface area contributed by atoms with Crippen LogP contribution in [-0.4, -0.2) is 42.3 Å². The lowest BCUT2D eigenvalue weighted by Crippen LogP contribution is -2.56. The van der Waals surface area contributed by atoms with Gasteiger partial charge < -0.3 is 19.3 Å². The third-order valence-corrected chi connectivity index (χ3v) is 4.54. The SMILES string of the molecule is CC=Cc1cc(C(OCOC)(C(F)(F)F)C(F)(F)F)cnc1Oc1cccc(C(=O)O)c1C. The lowest BCUT2D eigenvalue weighted by Gasteiger charge is -2.37. The third-order valence-electron chi connectivity index (χ3n) is 4.54. The summed E-state index contributed by atoms with van der Waals surface area (Å²) in [6, 6.07) is 4.65. The van der Waals surface area contributed by atoms with Gasteiger partial charge in [0.2, 0.25) is 5.88 Å². The molecular weight excluding hydrogens is 460 g/mol. The van der Waals surface area contributed by atoms with Crippen molar-refractivity contribution in [3.8, 4) is 11.6 Å². The molecule has 0 aliphatic rings. The molecule has 0 saturated carbocycles. The molecule has 2 rings (SSSR count). The van der Waals surface area contributed by atoms with E-state index in [1.54, 1.807) is 0 Å². The molecule has 6 nitrogen and oxygen atoms in total. The van der Waals surface area contributed by atoms with Crippen molar-refractivity contribution in [2.24, 2.45) is 0 Å². The van der Waals surface area contributed by atoms with Crippen molar-refractivity contribution in [1.82, 2.24) is 4.98 Å². The molecule has 0 atom stereocenters. The molecular formula is C21H19F6NO5. The summed E-state index contributed by atoms with van der Waals surface area (Å²) in [5.74, 6) is -1.58. The first-order valence-electron chi connectivity index (χ1n) is 9.20. The molecule has 12 heteroatoms. The summed E-state index contributed by atoms with van der Waals surface area (Å²) >= 11 is 0. The maximum atomic E-state index is 13.8. The standard InChI is InChI=1S/C21H19F6NO5/c1-4-6-13-9-14(19(20(22,23)24,21(25,26)27)32-11-31-3)10-28-17(13)33-16-8-5-7-15(12(16)2)18(29)30/h4-10H,11H2,1-3H3,(H,29,30). The first-order valence-corrected chi connectivity index (χ1v) is 9.20. The van der Waals surface area contributed by atoms with Crippen LogP contribution in [0.5, 0.6) is 11.6 Å². The predicted molar refractivity (Wildman–Crippen MR) is 104 cm³/mol.